The van der Waals surface area contributed by atoms with Crippen molar-refractivity contribution < 1.29 is 19.0 Å². The molecule has 7 nitrogen and oxygen atoms in total. The Balaban J connectivity index is 1.77. The second-order valence-corrected chi connectivity index (χ2v) is 6.98. The molecule has 0 fully saturated rings. The summed E-state index contributed by atoms with van der Waals surface area (Å²) in [6.07, 6.45) is 0. The lowest BCUT2D eigenvalue weighted by Gasteiger charge is -2.11. The van der Waals surface area contributed by atoms with Gasteiger partial charge in [0.25, 0.3) is 5.91 Å². The van der Waals surface area contributed by atoms with Gasteiger partial charge >= 0.3 is 0 Å². The Labute approximate surface area is 170 Å². The number of fused-ring (bicyclic) bond motifs is 1. The Morgan fingerprint density at radius 3 is 2.38 bits per heavy atom. The molecule has 0 aliphatic heterocycles. The predicted octanol–water partition coefficient (Wildman–Crippen LogP) is 3.39. The third-order valence-corrected chi connectivity index (χ3v) is 4.71. The fraction of sp³-hybridized carbons (Fsp3) is 0.318. The summed E-state index contributed by atoms with van der Waals surface area (Å²) in [7, 11) is 9.05. The maximum Gasteiger partial charge on any atom is 0.272 e. The van der Waals surface area contributed by atoms with Crippen LogP contribution in [0.3, 0.4) is 0 Å². The Morgan fingerprint density at radius 2 is 1.76 bits per heavy atom. The van der Waals surface area contributed by atoms with E-state index in [9.17, 15) is 4.79 Å². The number of likely N-dealkylation sites (N-methyl/N-ethyl adjacent to an activating group) is 1. The van der Waals surface area contributed by atoms with E-state index in [1.54, 1.807) is 20.3 Å². The van der Waals surface area contributed by atoms with Crippen molar-refractivity contribution in [1.82, 2.24) is 9.47 Å². The van der Waals surface area contributed by atoms with Crippen molar-refractivity contribution >= 4 is 22.5 Å². The number of anilines is 1. The van der Waals surface area contributed by atoms with E-state index < -0.39 is 0 Å². The molecule has 0 unspecified atom stereocenters. The van der Waals surface area contributed by atoms with E-state index in [2.05, 4.69) is 10.2 Å². The monoisotopic (exact) mass is 397 g/mol. The van der Waals surface area contributed by atoms with Crippen LogP contribution in [0.25, 0.3) is 10.9 Å². The lowest BCUT2D eigenvalue weighted by Crippen LogP contribution is -2.19. The maximum atomic E-state index is 12.8. The predicted molar refractivity (Wildman–Crippen MR) is 114 cm³/mol. The van der Waals surface area contributed by atoms with Crippen LogP contribution in [0.15, 0.2) is 42.5 Å². The number of carbonyl (C=O) groups is 1. The Morgan fingerprint density at radius 1 is 1.03 bits per heavy atom. The summed E-state index contributed by atoms with van der Waals surface area (Å²) in [4.78, 5) is 14.9. The van der Waals surface area contributed by atoms with Gasteiger partial charge in [-0.25, -0.2) is 0 Å². The van der Waals surface area contributed by atoms with Crippen molar-refractivity contribution in [2.45, 2.75) is 0 Å². The first-order valence-electron chi connectivity index (χ1n) is 9.33. The van der Waals surface area contributed by atoms with Crippen molar-refractivity contribution in [2.24, 2.45) is 7.05 Å². The molecule has 0 saturated carbocycles. The van der Waals surface area contributed by atoms with Gasteiger partial charge in [-0.2, -0.15) is 0 Å². The summed E-state index contributed by atoms with van der Waals surface area (Å²) < 4.78 is 18.3. The molecule has 3 aromatic rings. The zero-order chi connectivity index (χ0) is 21.0. The number of hydrogen-bond acceptors (Lipinski definition) is 5. The minimum atomic E-state index is -0.203. The zero-order valence-corrected chi connectivity index (χ0v) is 17.5. The van der Waals surface area contributed by atoms with Crippen LogP contribution in [0.5, 0.6) is 17.2 Å². The number of nitrogens with one attached hydrogen (secondary N) is 1. The van der Waals surface area contributed by atoms with Gasteiger partial charge in [0.2, 0.25) is 0 Å². The highest BCUT2D eigenvalue weighted by Gasteiger charge is 2.17. The molecule has 154 valence electrons. The van der Waals surface area contributed by atoms with Crippen molar-refractivity contribution in [1.29, 1.82) is 0 Å². The number of carbonyl (C=O) groups excluding carboxylic acids is 1. The summed E-state index contributed by atoms with van der Waals surface area (Å²) in [5, 5.41) is 3.78. The smallest absolute Gasteiger partial charge is 0.272 e. The van der Waals surface area contributed by atoms with Crippen LogP contribution in [0.2, 0.25) is 0 Å². The fourth-order valence-corrected chi connectivity index (χ4v) is 3.05. The molecule has 0 saturated heterocycles. The molecule has 1 amide bonds. The van der Waals surface area contributed by atoms with Crippen LogP contribution in [0.1, 0.15) is 10.5 Å². The van der Waals surface area contributed by atoms with Gasteiger partial charge in [0.15, 0.2) is 0 Å². The van der Waals surface area contributed by atoms with Gasteiger partial charge in [-0.05, 0) is 44.4 Å². The third-order valence-electron chi connectivity index (χ3n) is 4.71. The highest BCUT2D eigenvalue weighted by molar-refractivity contribution is 6.07. The topological polar surface area (TPSA) is 65.0 Å². The van der Waals surface area contributed by atoms with Crippen molar-refractivity contribution in [3.05, 3.63) is 48.2 Å². The minimum absolute atomic E-state index is 0.203. The first-order valence-corrected chi connectivity index (χ1v) is 9.33. The van der Waals surface area contributed by atoms with Crippen LogP contribution in [0.4, 0.5) is 5.69 Å². The number of nitrogens with zero attached hydrogens (tertiary/aromatic N) is 2. The van der Waals surface area contributed by atoms with E-state index in [0.29, 0.717) is 29.5 Å². The van der Waals surface area contributed by atoms with Gasteiger partial charge in [0.05, 0.1) is 19.7 Å². The second kappa shape index (κ2) is 8.87. The van der Waals surface area contributed by atoms with Crippen molar-refractivity contribution in [3.8, 4) is 17.2 Å². The maximum absolute atomic E-state index is 12.8. The second-order valence-electron chi connectivity index (χ2n) is 6.98. The number of rotatable bonds is 8. The number of hydrogen-bond donors (Lipinski definition) is 1. The molecule has 1 N–H and O–H groups in total. The number of amides is 1. The summed E-state index contributed by atoms with van der Waals surface area (Å²) in [5.74, 6) is 1.90. The largest absolute Gasteiger partial charge is 0.497 e. The number of methoxy groups -OCH3 is 2. The summed E-state index contributed by atoms with van der Waals surface area (Å²) in [6, 6.07) is 12.9. The SMILES string of the molecule is COc1cc(OC)c2cc(C(=O)Nc3ccc(OCCN(C)C)cc3)n(C)c2c1. The van der Waals surface area contributed by atoms with Gasteiger partial charge in [-0.15, -0.1) is 0 Å². The minimum Gasteiger partial charge on any atom is -0.497 e. The Bertz CT molecular complexity index is 993. The molecule has 29 heavy (non-hydrogen) atoms. The number of aromatic nitrogens is 1. The Kier molecular flexibility index (Phi) is 6.29. The molecule has 0 radical (unpaired) electrons. The Hall–Kier alpha value is -3.19. The molecule has 0 bridgehead atoms. The lowest BCUT2D eigenvalue weighted by atomic mass is 10.2. The van der Waals surface area contributed by atoms with E-state index in [0.717, 1.165) is 23.2 Å². The highest BCUT2D eigenvalue weighted by atomic mass is 16.5. The average Bonchev–Trinajstić information content (AvgIpc) is 3.05. The van der Waals surface area contributed by atoms with Crippen LogP contribution >= 0.6 is 0 Å². The standard InChI is InChI=1S/C22H27N3O4/c1-24(2)10-11-29-16-8-6-15(7-9-16)23-22(26)20-14-18-19(25(20)3)12-17(27-4)13-21(18)28-5/h6-9,12-14H,10-11H2,1-5H3,(H,23,26). The molecule has 0 atom stereocenters. The number of benzene rings is 2. The van der Waals surface area contributed by atoms with Crippen LogP contribution in [0, 0.1) is 0 Å². The summed E-state index contributed by atoms with van der Waals surface area (Å²) in [5.41, 5.74) is 2.08. The summed E-state index contributed by atoms with van der Waals surface area (Å²) in [6.45, 7) is 1.45. The first kappa shape index (κ1) is 20.5. The first-order chi connectivity index (χ1) is 13.9. The zero-order valence-electron chi connectivity index (χ0n) is 17.5. The van der Waals surface area contributed by atoms with E-state index in [4.69, 9.17) is 14.2 Å². The molecular formula is C22H27N3O4. The van der Waals surface area contributed by atoms with Crippen LogP contribution in [-0.2, 0) is 7.05 Å². The van der Waals surface area contributed by atoms with Gasteiger partial charge < -0.3 is 29.0 Å². The third kappa shape index (κ3) is 4.63. The molecule has 3 rings (SSSR count). The summed E-state index contributed by atoms with van der Waals surface area (Å²) >= 11 is 0. The molecule has 1 heterocycles. The van der Waals surface area contributed by atoms with E-state index in [-0.39, 0.29) is 5.91 Å². The molecule has 7 heteroatoms. The molecule has 2 aromatic carbocycles. The van der Waals surface area contributed by atoms with Crippen LogP contribution < -0.4 is 19.5 Å². The quantitative estimate of drug-likeness (QED) is 0.631. The molecular weight excluding hydrogens is 370 g/mol. The van der Waals surface area contributed by atoms with Crippen LogP contribution in [-0.4, -0.2) is 56.8 Å². The van der Waals surface area contributed by atoms with Crippen molar-refractivity contribution in [2.75, 3.05) is 46.8 Å². The fourth-order valence-electron chi connectivity index (χ4n) is 3.05. The normalized spacial score (nSPS) is 11.0. The van der Waals surface area contributed by atoms with Gasteiger partial charge in [-0.3, -0.25) is 4.79 Å². The van der Waals surface area contributed by atoms with Crippen molar-refractivity contribution in [3.63, 3.8) is 0 Å². The molecule has 1 aromatic heterocycles. The van der Waals surface area contributed by atoms with E-state index >= 15 is 0 Å². The van der Waals surface area contributed by atoms with Gasteiger partial charge in [-0.1, -0.05) is 0 Å². The lowest BCUT2D eigenvalue weighted by molar-refractivity contribution is 0.101. The van der Waals surface area contributed by atoms with Gasteiger partial charge in [0.1, 0.15) is 29.5 Å². The average molecular weight is 397 g/mol. The molecule has 0 aliphatic carbocycles. The molecule has 0 aliphatic rings. The van der Waals surface area contributed by atoms with E-state index in [1.807, 2.05) is 62.1 Å². The number of aryl methyl sites for hydroxylation is 1. The van der Waals surface area contributed by atoms with E-state index in [1.165, 1.54) is 0 Å². The molecule has 0 spiro atoms. The highest BCUT2D eigenvalue weighted by Crippen LogP contribution is 2.33. The number of ether oxygens (including phenoxy) is 3. The van der Waals surface area contributed by atoms with Gasteiger partial charge in [0, 0.05) is 36.8 Å².